The van der Waals surface area contributed by atoms with E-state index in [2.05, 4.69) is 24.3 Å². The van der Waals surface area contributed by atoms with E-state index in [1.54, 1.807) is 0 Å². The lowest BCUT2D eigenvalue weighted by Crippen LogP contribution is -2.04. The fraction of sp³-hybridized carbons (Fsp3) is 0.294. The normalized spacial score (nSPS) is 12.4. The van der Waals surface area contributed by atoms with Gasteiger partial charge in [0.1, 0.15) is 5.75 Å². The highest BCUT2D eigenvalue weighted by molar-refractivity contribution is 5.51. The number of nitrogens with two attached hydrogens (primary N) is 1. The molecule has 0 aliphatic carbocycles. The Bertz CT molecular complexity index is 598. The van der Waals surface area contributed by atoms with E-state index < -0.39 is 0 Å². The van der Waals surface area contributed by atoms with Gasteiger partial charge in [-0.2, -0.15) is 0 Å². The summed E-state index contributed by atoms with van der Waals surface area (Å²) in [4.78, 5) is 0. The molecule has 1 heterocycles. The topological polar surface area (TPSA) is 53.7 Å². The number of benzene rings is 2. The van der Waals surface area contributed by atoms with Crippen LogP contribution in [0, 0.1) is 0 Å². The van der Waals surface area contributed by atoms with Gasteiger partial charge in [0.05, 0.1) is 6.61 Å². The minimum atomic E-state index is 0.261. The van der Waals surface area contributed by atoms with Crippen molar-refractivity contribution < 1.29 is 14.2 Å². The SMILES string of the molecule is NCc1cc2c(cc1OCCCc1ccccc1)OCO2. The van der Waals surface area contributed by atoms with Crippen LogP contribution in [0.1, 0.15) is 17.5 Å². The molecule has 110 valence electrons. The number of aryl methyl sites for hydroxylation is 1. The van der Waals surface area contributed by atoms with Gasteiger partial charge in [0.2, 0.25) is 6.79 Å². The summed E-state index contributed by atoms with van der Waals surface area (Å²) in [6.45, 7) is 1.34. The first-order chi connectivity index (χ1) is 10.4. The molecule has 0 radical (unpaired) electrons. The zero-order valence-corrected chi connectivity index (χ0v) is 11.9. The third kappa shape index (κ3) is 3.28. The van der Waals surface area contributed by atoms with E-state index in [1.807, 2.05) is 18.2 Å². The lowest BCUT2D eigenvalue weighted by molar-refractivity contribution is 0.173. The van der Waals surface area contributed by atoms with Crippen molar-refractivity contribution in [1.29, 1.82) is 0 Å². The van der Waals surface area contributed by atoms with E-state index in [0.29, 0.717) is 13.2 Å². The molecule has 0 amide bonds. The first-order valence-corrected chi connectivity index (χ1v) is 7.16. The van der Waals surface area contributed by atoms with Crippen LogP contribution in [0.15, 0.2) is 42.5 Å². The Morgan fingerprint density at radius 1 is 1.05 bits per heavy atom. The molecule has 0 unspecified atom stereocenters. The quantitative estimate of drug-likeness (QED) is 0.829. The molecule has 1 aliphatic heterocycles. The molecule has 0 aromatic heterocycles. The summed E-state index contributed by atoms with van der Waals surface area (Å²) >= 11 is 0. The number of fused-ring (bicyclic) bond motifs is 1. The van der Waals surface area contributed by atoms with Gasteiger partial charge >= 0.3 is 0 Å². The standard InChI is InChI=1S/C17H19NO3/c18-11-14-9-16-17(21-12-20-16)10-15(14)19-8-4-7-13-5-2-1-3-6-13/h1-3,5-6,9-10H,4,7-8,11-12,18H2. The van der Waals surface area contributed by atoms with Crippen LogP contribution in [-0.2, 0) is 13.0 Å². The van der Waals surface area contributed by atoms with Crippen LogP contribution in [0.3, 0.4) is 0 Å². The van der Waals surface area contributed by atoms with Gasteiger partial charge in [-0.05, 0) is 24.5 Å². The van der Waals surface area contributed by atoms with Crippen molar-refractivity contribution in [2.75, 3.05) is 13.4 Å². The molecule has 2 aromatic carbocycles. The van der Waals surface area contributed by atoms with Crippen molar-refractivity contribution in [1.82, 2.24) is 0 Å². The maximum atomic E-state index is 5.86. The van der Waals surface area contributed by atoms with Crippen molar-refractivity contribution >= 4 is 0 Å². The van der Waals surface area contributed by atoms with Gasteiger partial charge in [0.25, 0.3) is 0 Å². The molecule has 3 rings (SSSR count). The predicted molar refractivity (Wildman–Crippen MR) is 80.7 cm³/mol. The second-order valence-corrected chi connectivity index (χ2v) is 4.95. The van der Waals surface area contributed by atoms with Gasteiger partial charge in [-0.25, -0.2) is 0 Å². The van der Waals surface area contributed by atoms with E-state index >= 15 is 0 Å². The van der Waals surface area contributed by atoms with Crippen LogP contribution < -0.4 is 19.9 Å². The molecule has 0 saturated carbocycles. The number of ether oxygens (including phenoxy) is 3. The molecule has 0 saturated heterocycles. The summed E-state index contributed by atoms with van der Waals surface area (Å²) in [6.07, 6.45) is 1.96. The first kappa shape index (κ1) is 13.8. The minimum absolute atomic E-state index is 0.261. The molecule has 21 heavy (non-hydrogen) atoms. The molecule has 2 aromatic rings. The average Bonchev–Trinajstić information content (AvgIpc) is 2.99. The van der Waals surface area contributed by atoms with Gasteiger partial charge in [0, 0.05) is 18.2 Å². The van der Waals surface area contributed by atoms with E-state index in [4.69, 9.17) is 19.9 Å². The highest BCUT2D eigenvalue weighted by atomic mass is 16.7. The van der Waals surface area contributed by atoms with Crippen LogP contribution in [0.25, 0.3) is 0 Å². The van der Waals surface area contributed by atoms with E-state index in [-0.39, 0.29) is 6.79 Å². The zero-order valence-electron chi connectivity index (χ0n) is 11.9. The van der Waals surface area contributed by atoms with Crippen LogP contribution in [-0.4, -0.2) is 13.4 Å². The van der Waals surface area contributed by atoms with Gasteiger partial charge in [-0.15, -0.1) is 0 Å². The Morgan fingerprint density at radius 2 is 1.81 bits per heavy atom. The molecule has 0 spiro atoms. The summed E-state index contributed by atoms with van der Waals surface area (Å²) in [5, 5.41) is 0. The predicted octanol–water partition coefficient (Wildman–Crippen LogP) is 2.89. The Hall–Kier alpha value is -2.20. The molecule has 0 bridgehead atoms. The Morgan fingerprint density at radius 3 is 2.57 bits per heavy atom. The smallest absolute Gasteiger partial charge is 0.231 e. The number of hydrogen-bond donors (Lipinski definition) is 1. The molecule has 0 fully saturated rings. The highest BCUT2D eigenvalue weighted by Gasteiger charge is 2.17. The molecule has 1 aliphatic rings. The average molecular weight is 285 g/mol. The monoisotopic (exact) mass is 285 g/mol. The maximum Gasteiger partial charge on any atom is 0.231 e. The summed E-state index contributed by atoms with van der Waals surface area (Å²) in [7, 11) is 0. The van der Waals surface area contributed by atoms with Crippen molar-refractivity contribution in [2.24, 2.45) is 5.73 Å². The van der Waals surface area contributed by atoms with Gasteiger partial charge in [-0.3, -0.25) is 0 Å². The van der Waals surface area contributed by atoms with Crippen molar-refractivity contribution in [3.63, 3.8) is 0 Å². The van der Waals surface area contributed by atoms with E-state index in [0.717, 1.165) is 35.7 Å². The Balaban J connectivity index is 1.57. The summed E-state index contributed by atoms with van der Waals surface area (Å²) < 4.78 is 16.6. The molecular weight excluding hydrogens is 266 g/mol. The van der Waals surface area contributed by atoms with Crippen LogP contribution >= 0.6 is 0 Å². The van der Waals surface area contributed by atoms with Crippen molar-refractivity contribution in [3.05, 3.63) is 53.6 Å². The minimum Gasteiger partial charge on any atom is -0.493 e. The van der Waals surface area contributed by atoms with Gasteiger partial charge < -0.3 is 19.9 Å². The van der Waals surface area contributed by atoms with E-state index in [9.17, 15) is 0 Å². The second-order valence-electron chi connectivity index (χ2n) is 4.95. The van der Waals surface area contributed by atoms with Crippen LogP contribution in [0.5, 0.6) is 17.2 Å². The fourth-order valence-electron chi connectivity index (χ4n) is 2.36. The summed E-state index contributed by atoms with van der Waals surface area (Å²) in [6, 6.07) is 14.2. The second kappa shape index (κ2) is 6.50. The van der Waals surface area contributed by atoms with Gasteiger partial charge in [-0.1, -0.05) is 30.3 Å². The fourth-order valence-corrected chi connectivity index (χ4v) is 2.36. The molecule has 4 heteroatoms. The van der Waals surface area contributed by atoms with Crippen LogP contribution in [0.2, 0.25) is 0 Å². The van der Waals surface area contributed by atoms with E-state index in [1.165, 1.54) is 5.56 Å². The lowest BCUT2D eigenvalue weighted by Gasteiger charge is -2.11. The van der Waals surface area contributed by atoms with Crippen molar-refractivity contribution in [2.45, 2.75) is 19.4 Å². The number of rotatable bonds is 6. The summed E-state index contributed by atoms with van der Waals surface area (Å²) in [5.41, 5.74) is 8.03. The third-order valence-corrected chi connectivity index (χ3v) is 3.49. The largest absolute Gasteiger partial charge is 0.493 e. The van der Waals surface area contributed by atoms with Crippen LogP contribution in [0.4, 0.5) is 0 Å². The maximum absolute atomic E-state index is 5.86. The van der Waals surface area contributed by atoms with Gasteiger partial charge in [0.15, 0.2) is 11.5 Å². The molecule has 4 nitrogen and oxygen atoms in total. The number of hydrogen-bond acceptors (Lipinski definition) is 4. The zero-order chi connectivity index (χ0) is 14.5. The Kier molecular flexibility index (Phi) is 4.26. The molecular formula is C17H19NO3. The first-order valence-electron chi connectivity index (χ1n) is 7.16. The molecule has 2 N–H and O–H groups in total. The molecule has 0 atom stereocenters. The third-order valence-electron chi connectivity index (χ3n) is 3.49. The summed E-state index contributed by atoms with van der Waals surface area (Å²) in [5.74, 6) is 2.26. The lowest BCUT2D eigenvalue weighted by atomic mass is 10.1. The highest BCUT2D eigenvalue weighted by Crippen LogP contribution is 2.38. The van der Waals surface area contributed by atoms with Crippen molar-refractivity contribution in [3.8, 4) is 17.2 Å². The Labute approximate surface area is 124 Å².